The standard InChI is InChI=1S/C11H16/c1-3-11-9-7-5-4-6-8-10(11)2/h4-5,7,9H,3,6,8H2,1-2H3. The lowest BCUT2D eigenvalue weighted by atomic mass is 10.0. The molecule has 0 nitrogen and oxygen atoms in total. The van der Waals surface area contributed by atoms with E-state index in [9.17, 15) is 0 Å². The highest BCUT2D eigenvalue weighted by Crippen LogP contribution is 2.17. The van der Waals surface area contributed by atoms with E-state index in [2.05, 4.69) is 38.2 Å². The summed E-state index contributed by atoms with van der Waals surface area (Å²) in [7, 11) is 0. The summed E-state index contributed by atoms with van der Waals surface area (Å²) in [4.78, 5) is 0. The maximum Gasteiger partial charge on any atom is -0.0282 e. The van der Waals surface area contributed by atoms with E-state index in [4.69, 9.17) is 0 Å². The zero-order valence-electron chi connectivity index (χ0n) is 7.43. The van der Waals surface area contributed by atoms with Crippen LogP contribution in [0.15, 0.2) is 35.5 Å². The van der Waals surface area contributed by atoms with Crippen molar-refractivity contribution in [2.45, 2.75) is 33.1 Å². The van der Waals surface area contributed by atoms with Gasteiger partial charge in [0.1, 0.15) is 0 Å². The third-order valence-electron chi connectivity index (χ3n) is 2.16. The molecule has 0 N–H and O–H groups in total. The molecule has 0 aliphatic heterocycles. The van der Waals surface area contributed by atoms with Gasteiger partial charge < -0.3 is 0 Å². The van der Waals surface area contributed by atoms with E-state index in [1.165, 1.54) is 18.4 Å². The van der Waals surface area contributed by atoms with Crippen LogP contribution >= 0.6 is 0 Å². The van der Waals surface area contributed by atoms with Gasteiger partial charge in [-0.15, -0.1) is 0 Å². The number of hydrogen-bond donors (Lipinski definition) is 0. The van der Waals surface area contributed by atoms with E-state index in [0.717, 1.165) is 6.42 Å². The van der Waals surface area contributed by atoms with Crippen molar-refractivity contribution in [1.29, 1.82) is 0 Å². The van der Waals surface area contributed by atoms with Crippen molar-refractivity contribution in [3.05, 3.63) is 35.5 Å². The summed E-state index contributed by atoms with van der Waals surface area (Å²) in [5.74, 6) is 0. The molecule has 0 saturated heterocycles. The second-order valence-corrected chi connectivity index (χ2v) is 2.99. The van der Waals surface area contributed by atoms with Crippen LogP contribution < -0.4 is 0 Å². The van der Waals surface area contributed by atoms with E-state index < -0.39 is 0 Å². The predicted octanol–water partition coefficient (Wildman–Crippen LogP) is 3.62. The molecule has 0 radical (unpaired) electrons. The second-order valence-electron chi connectivity index (χ2n) is 2.99. The van der Waals surface area contributed by atoms with E-state index in [1.54, 1.807) is 5.57 Å². The number of hydrogen-bond acceptors (Lipinski definition) is 0. The van der Waals surface area contributed by atoms with Gasteiger partial charge in [0, 0.05) is 0 Å². The van der Waals surface area contributed by atoms with Gasteiger partial charge in [0.2, 0.25) is 0 Å². The molecule has 0 heteroatoms. The van der Waals surface area contributed by atoms with Crippen LogP contribution in [0.2, 0.25) is 0 Å². The van der Waals surface area contributed by atoms with Crippen LogP contribution in [0, 0.1) is 0 Å². The van der Waals surface area contributed by atoms with E-state index in [0.29, 0.717) is 0 Å². The monoisotopic (exact) mass is 148 g/mol. The first-order chi connectivity index (χ1) is 5.34. The smallest absolute Gasteiger partial charge is 0.0282 e. The lowest BCUT2D eigenvalue weighted by molar-refractivity contribution is 0.937. The lowest BCUT2D eigenvalue weighted by Crippen LogP contribution is -1.86. The summed E-state index contributed by atoms with van der Waals surface area (Å²) >= 11 is 0. The van der Waals surface area contributed by atoms with Crippen LogP contribution in [0.4, 0.5) is 0 Å². The minimum atomic E-state index is 1.16. The Labute approximate surface area is 69.3 Å². The molecule has 1 rings (SSSR count). The quantitative estimate of drug-likeness (QED) is 0.532. The maximum absolute atomic E-state index is 2.24. The molecule has 0 aromatic rings. The highest BCUT2D eigenvalue weighted by atomic mass is 14.0. The molecule has 60 valence electrons. The summed E-state index contributed by atoms with van der Waals surface area (Å²) < 4.78 is 0. The fourth-order valence-electron chi connectivity index (χ4n) is 1.37. The first kappa shape index (κ1) is 8.32. The highest BCUT2D eigenvalue weighted by Gasteiger charge is 1.96. The van der Waals surface area contributed by atoms with Crippen LogP contribution in [0.1, 0.15) is 33.1 Å². The molecule has 0 atom stereocenters. The lowest BCUT2D eigenvalue weighted by Gasteiger charge is -2.06. The number of allylic oxidation sites excluding steroid dienone is 6. The van der Waals surface area contributed by atoms with Crippen molar-refractivity contribution in [3.63, 3.8) is 0 Å². The topological polar surface area (TPSA) is 0 Å². The largest absolute Gasteiger partial charge is 0.0842 e. The normalized spacial score (nSPS) is 18.4. The van der Waals surface area contributed by atoms with E-state index in [1.807, 2.05) is 0 Å². The molecule has 0 aromatic heterocycles. The average Bonchev–Trinajstić information content (AvgIpc) is 1.98. The van der Waals surface area contributed by atoms with Gasteiger partial charge in [0.15, 0.2) is 0 Å². The molecule has 0 spiro atoms. The molecule has 0 bridgehead atoms. The molecule has 0 heterocycles. The van der Waals surface area contributed by atoms with Crippen LogP contribution in [-0.2, 0) is 0 Å². The third-order valence-corrected chi connectivity index (χ3v) is 2.16. The molecule has 0 unspecified atom stereocenters. The molecular formula is C11H16. The molecule has 1 aliphatic rings. The first-order valence-electron chi connectivity index (χ1n) is 4.36. The SMILES string of the molecule is CCC1=C(C)CCC=CC=C1. The fourth-order valence-corrected chi connectivity index (χ4v) is 1.37. The second kappa shape index (κ2) is 4.17. The Morgan fingerprint density at radius 2 is 2.18 bits per heavy atom. The van der Waals surface area contributed by atoms with Gasteiger partial charge >= 0.3 is 0 Å². The van der Waals surface area contributed by atoms with E-state index >= 15 is 0 Å². The van der Waals surface area contributed by atoms with Gasteiger partial charge in [-0.1, -0.05) is 36.8 Å². The van der Waals surface area contributed by atoms with Crippen molar-refractivity contribution < 1.29 is 0 Å². The first-order valence-corrected chi connectivity index (χ1v) is 4.36. The molecule has 0 fully saturated rings. The highest BCUT2D eigenvalue weighted by molar-refractivity contribution is 5.28. The Hall–Kier alpha value is -0.780. The maximum atomic E-state index is 2.24. The van der Waals surface area contributed by atoms with Crippen molar-refractivity contribution in [2.24, 2.45) is 0 Å². The molecule has 11 heavy (non-hydrogen) atoms. The van der Waals surface area contributed by atoms with Gasteiger partial charge in [-0.3, -0.25) is 0 Å². The Bertz CT molecular complexity index is 204. The summed E-state index contributed by atoms with van der Waals surface area (Å²) in [5, 5.41) is 0. The van der Waals surface area contributed by atoms with Crippen molar-refractivity contribution in [2.75, 3.05) is 0 Å². The average molecular weight is 148 g/mol. The molecule has 0 saturated carbocycles. The van der Waals surface area contributed by atoms with Gasteiger partial charge in [0.05, 0.1) is 0 Å². The zero-order chi connectivity index (χ0) is 8.10. The predicted molar refractivity (Wildman–Crippen MR) is 50.5 cm³/mol. The Morgan fingerprint density at radius 1 is 1.36 bits per heavy atom. The molecule has 0 amide bonds. The summed E-state index contributed by atoms with van der Waals surface area (Å²) in [6.07, 6.45) is 12.3. The van der Waals surface area contributed by atoms with Gasteiger partial charge in [-0.05, 0) is 31.8 Å². The summed E-state index contributed by atoms with van der Waals surface area (Å²) in [5.41, 5.74) is 3.06. The van der Waals surface area contributed by atoms with Crippen molar-refractivity contribution in [1.82, 2.24) is 0 Å². The minimum Gasteiger partial charge on any atom is -0.0842 e. The zero-order valence-corrected chi connectivity index (χ0v) is 7.43. The van der Waals surface area contributed by atoms with Crippen molar-refractivity contribution in [3.8, 4) is 0 Å². The summed E-state index contributed by atoms with van der Waals surface area (Å²) in [6.45, 7) is 4.46. The molecule has 1 aliphatic carbocycles. The molecular weight excluding hydrogens is 132 g/mol. The Balaban J connectivity index is 2.80. The van der Waals surface area contributed by atoms with Crippen LogP contribution in [-0.4, -0.2) is 0 Å². The molecule has 0 aromatic carbocycles. The van der Waals surface area contributed by atoms with Gasteiger partial charge in [-0.2, -0.15) is 0 Å². The minimum absolute atomic E-state index is 1.16. The van der Waals surface area contributed by atoms with Crippen LogP contribution in [0.5, 0.6) is 0 Å². The third kappa shape index (κ3) is 2.38. The Kier molecular flexibility index (Phi) is 3.15. The Morgan fingerprint density at radius 3 is 2.91 bits per heavy atom. The fraction of sp³-hybridized carbons (Fsp3) is 0.455. The van der Waals surface area contributed by atoms with Crippen molar-refractivity contribution >= 4 is 0 Å². The van der Waals surface area contributed by atoms with Gasteiger partial charge in [-0.25, -0.2) is 0 Å². The van der Waals surface area contributed by atoms with Crippen LogP contribution in [0.25, 0.3) is 0 Å². The van der Waals surface area contributed by atoms with Gasteiger partial charge in [0.25, 0.3) is 0 Å². The van der Waals surface area contributed by atoms with Crippen LogP contribution in [0.3, 0.4) is 0 Å². The van der Waals surface area contributed by atoms with E-state index in [-0.39, 0.29) is 0 Å². The summed E-state index contributed by atoms with van der Waals surface area (Å²) in [6, 6.07) is 0. The number of rotatable bonds is 1.